The zero-order valence-corrected chi connectivity index (χ0v) is 19.3. The van der Waals surface area contributed by atoms with Crippen molar-refractivity contribution >= 4 is 28.2 Å². The van der Waals surface area contributed by atoms with Gasteiger partial charge < -0.3 is 14.8 Å². The van der Waals surface area contributed by atoms with Crippen molar-refractivity contribution in [1.29, 1.82) is 0 Å². The van der Waals surface area contributed by atoms with Crippen molar-refractivity contribution in [3.8, 4) is 16.9 Å². The molecule has 0 atom stereocenters. The molecule has 0 unspecified atom stereocenters. The molecular formula is C25H27NO4S. The van der Waals surface area contributed by atoms with Gasteiger partial charge in [0.05, 0.1) is 6.61 Å². The maximum absolute atomic E-state index is 12.7. The van der Waals surface area contributed by atoms with Gasteiger partial charge in [-0.3, -0.25) is 4.79 Å². The third-order valence-corrected chi connectivity index (χ3v) is 5.80. The van der Waals surface area contributed by atoms with Crippen molar-refractivity contribution in [1.82, 2.24) is 0 Å². The molecular weight excluding hydrogens is 410 g/mol. The number of carbonyl (C=O) groups is 2. The summed E-state index contributed by atoms with van der Waals surface area (Å²) in [6, 6.07) is 11.8. The molecule has 0 bridgehead atoms. The monoisotopic (exact) mass is 437 g/mol. The van der Waals surface area contributed by atoms with Crippen LogP contribution in [0.5, 0.6) is 5.75 Å². The number of hydrogen-bond acceptors (Lipinski definition) is 5. The van der Waals surface area contributed by atoms with Crippen LogP contribution in [-0.2, 0) is 9.53 Å². The van der Waals surface area contributed by atoms with Gasteiger partial charge in [0.2, 0.25) is 0 Å². The van der Waals surface area contributed by atoms with Crippen molar-refractivity contribution in [2.45, 2.75) is 34.6 Å². The van der Waals surface area contributed by atoms with Crippen LogP contribution < -0.4 is 10.1 Å². The van der Waals surface area contributed by atoms with E-state index in [-0.39, 0.29) is 19.1 Å². The maximum atomic E-state index is 12.7. The van der Waals surface area contributed by atoms with Crippen LogP contribution in [0.3, 0.4) is 0 Å². The summed E-state index contributed by atoms with van der Waals surface area (Å²) in [5.74, 6) is -0.152. The van der Waals surface area contributed by atoms with E-state index in [1.807, 2.05) is 69.5 Å². The van der Waals surface area contributed by atoms with E-state index in [0.29, 0.717) is 16.3 Å². The number of thiophene rings is 1. The van der Waals surface area contributed by atoms with E-state index >= 15 is 0 Å². The summed E-state index contributed by atoms with van der Waals surface area (Å²) in [4.78, 5) is 25.3. The van der Waals surface area contributed by atoms with Gasteiger partial charge in [-0.25, -0.2) is 4.79 Å². The standard InChI is InChI=1S/C25H27NO4S/c1-6-29-25(28)23-21(19-8-7-17(4)18(5)12-19)14-31-24(23)26-22(27)13-30-20-10-15(2)9-16(3)11-20/h7-12,14H,6,13H2,1-5H3,(H,26,27). The Morgan fingerprint density at radius 2 is 1.68 bits per heavy atom. The second kappa shape index (κ2) is 9.79. The minimum Gasteiger partial charge on any atom is -0.484 e. The van der Waals surface area contributed by atoms with Crippen LogP contribution in [0.4, 0.5) is 5.00 Å². The van der Waals surface area contributed by atoms with Gasteiger partial charge in [0.1, 0.15) is 16.3 Å². The Balaban J connectivity index is 1.82. The molecule has 0 spiro atoms. The molecule has 3 rings (SSSR count). The lowest BCUT2D eigenvalue weighted by atomic mass is 9.99. The normalized spacial score (nSPS) is 10.6. The first kappa shape index (κ1) is 22.6. The first-order valence-electron chi connectivity index (χ1n) is 10.2. The van der Waals surface area contributed by atoms with Crippen LogP contribution in [0, 0.1) is 27.7 Å². The fourth-order valence-corrected chi connectivity index (χ4v) is 4.28. The number of amides is 1. The zero-order chi connectivity index (χ0) is 22.5. The maximum Gasteiger partial charge on any atom is 0.341 e. The first-order valence-corrected chi connectivity index (χ1v) is 11.0. The lowest BCUT2D eigenvalue weighted by molar-refractivity contribution is -0.118. The Bertz CT molecular complexity index is 1100. The summed E-state index contributed by atoms with van der Waals surface area (Å²) in [5.41, 5.74) is 6.47. The Morgan fingerprint density at radius 3 is 2.32 bits per heavy atom. The van der Waals surface area contributed by atoms with E-state index in [1.54, 1.807) is 6.92 Å². The highest BCUT2D eigenvalue weighted by Crippen LogP contribution is 2.37. The molecule has 1 aromatic heterocycles. The number of aryl methyl sites for hydroxylation is 4. The summed E-state index contributed by atoms with van der Waals surface area (Å²) < 4.78 is 10.9. The Labute approximate surface area is 187 Å². The first-order chi connectivity index (χ1) is 14.8. The number of carbonyl (C=O) groups excluding carboxylic acids is 2. The van der Waals surface area contributed by atoms with Crippen LogP contribution in [0.2, 0.25) is 0 Å². The van der Waals surface area contributed by atoms with Crippen molar-refractivity contribution in [3.63, 3.8) is 0 Å². The molecule has 0 saturated carbocycles. The average Bonchev–Trinajstić information content (AvgIpc) is 3.11. The SMILES string of the molecule is CCOC(=O)c1c(-c2ccc(C)c(C)c2)csc1NC(=O)COc1cc(C)cc(C)c1. The highest BCUT2D eigenvalue weighted by Gasteiger charge is 2.23. The number of nitrogens with one attached hydrogen (secondary N) is 1. The van der Waals surface area contributed by atoms with Crippen molar-refractivity contribution < 1.29 is 19.1 Å². The second-order valence-corrected chi connectivity index (χ2v) is 8.41. The number of ether oxygens (including phenoxy) is 2. The Morgan fingerprint density at radius 1 is 0.968 bits per heavy atom. The topological polar surface area (TPSA) is 64.6 Å². The van der Waals surface area contributed by atoms with E-state index < -0.39 is 5.97 Å². The number of anilines is 1. The molecule has 0 saturated heterocycles. The lowest BCUT2D eigenvalue weighted by Crippen LogP contribution is -2.21. The van der Waals surface area contributed by atoms with Gasteiger partial charge in [0, 0.05) is 10.9 Å². The molecule has 3 aromatic rings. The van der Waals surface area contributed by atoms with Gasteiger partial charge in [-0.2, -0.15) is 0 Å². The Hall–Kier alpha value is -3.12. The minimum atomic E-state index is -0.456. The second-order valence-electron chi connectivity index (χ2n) is 7.53. The molecule has 1 N–H and O–H groups in total. The minimum absolute atomic E-state index is 0.151. The van der Waals surface area contributed by atoms with Crippen LogP contribution in [0.1, 0.15) is 39.5 Å². The van der Waals surface area contributed by atoms with Gasteiger partial charge in [-0.05, 0) is 74.6 Å². The molecule has 6 heteroatoms. The van der Waals surface area contributed by atoms with Gasteiger partial charge in [-0.15, -0.1) is 11.3 Å². The summed E-state index contributed by atoms with van der Waals surface area (Å²) in [6.07, 6.45) is 0. The van der Waals surface area contributed by atoms with Crippen molar-refractivity contribution in [3.05, 3.63) is 69.6 Å². The predicted octanol–water partition coefficient (Wildman–Crippen LogP) is 5.84. The zero-order valence-electron chi connectivity index (χ0n) is 18.5. The summed E-state index contributed by atoms with van der Waals surface area (Å²) in [7, 11) is 0. The molecule has 31 heavy (non-hydrogen) atoms. The van der Waals surface area contributed by atoms with Gasteiger partial charge >= 0.3 is 5.97 Å². The number of esters is 1. The van der Waals surface area contributed by atoms with E-state index in [9.17, 15) is 9.59 Å². The van der Waals surface area contributed by atoms with Crippen LogP contribution in [0.25, 0.3) is 11.1 Å². The van der Waals surface area contributed by atoms with E-state index in [1.165, 1.54) is 16.9 Å². The molecule has 0 radical (unpaired) electrons. The van der Waals surface area contributed by atoms with Crippen LogP contribution in [-0.4, -0.2) is 25.1 Å². The number of hydrogen-bond donors (Lipinski definition) is 1. The molecule has 0 fully saturated rings. The molecule has 0 aliphatic carbocycles. The fourth-order valence-electron chi connectivity index (χ4n) is 3.31. The Kier molecular flexibility index (Phi) is 7.13. The average molecular weight is 438 g/mol. The summed E-state index contributed by atoms with van der Waals surface area (Å²) in [5, 5.41) is 5.15. The van der Waals surface area contributed by atoms with Crippen molar-refractivity contribution in [2.24, 2.45) is 0 Å². The highest BCUT2D eigenvalue weighted by molar-refractivity contribution is 7.15. The number of rotatable bonds is 7. The molecule has 5 nitrogen and oxygen atoms in total. The van der Waals surface area contributed by atoms with Gasteiger partial charge in [-0.1, -0.05) is 24.3 Å². The third kappa shape index (κ3) is 5.52. The molecule has 0 aliphatic rings. The van der Waals surface area contributed by atoms with Crippen LogP contribution in [0.15, 0.2) is 41.8 Å². The van der Waals surface area contributed by atoms with Gasteiger partial charge in [0.25, 0.3) is 5.91 Å². The molecule has 0 aliphatic heterocycles. The van der Waals surface area contributed by atoms with Crippen molar-refractivity contribution in [2.75, 3.05) is 18.5 Å². The largest absolute Gasteiger partial charge is 0.484 e. The molecule has 2 aromatic carbocycles. The van der Waals surface area contributed by atoms with Gasteiger partial charge in [0.15, 0.2) is 6.61 Å². The summed E-state index contributed by atoms with van der Waals surface area (Å²) >= 11 is 1.30. The smallest absolute Gasteiger partial charge is 0.341 e. The van der Waals surface area contributed by atoms with E-state index in [4.69, 9.17) is 9.47 Å². The molecule has 1 amide bonds. The fraction of sp³-hybridized carbons (Fsp3) is 0.280. The molecule has 162 valence electrons. The quantitative estimate of drug-likeness (QED) is 0.472. The van der Waals surface area contributed by atoms with Crippen LogP contribution >= 0.6 is 11.3 Å². The third-order valence-electron chi connectivity index (χ3n) is 4.91. The highest BCUT2D eigenvalue weighted by atomic mass is 32.1. The number of benzene rings is 2. The van der Waals surface area contributed by atoms with E-state index in [0.717, 1.165) is 27.8 Å². The van der Waals surface area contributed by atoms with E-state index in [2.05, 4.69) is 5.32 Å². The summed E-state index contributed by atoms with van der Waals surface area (Å²) in [6.45, 7) is 9.89. The predicted molar refractivity (Wildman–Crippen MR) is 125 cm³/mol. The molecule has 1 heterocycles. The lowest BCUT2D eigenvalue weighted by Gasteiger charge is -2.11.